The molecule has 0 N–H and O–H groups in total. The average molecular weight is 244 g/mol. The molecule has 0 atom stereocenters. The van der Waals surface area contributed by atoms with Crippen LogP contribution in [0.5, 0.6) is 0 Å². The number of thiol groups is 1. The van der Waals surface area contributed by atoms with Crippen LogP contribution in [0.1, 0.15) is 38.5 Å². The first-order chi connectivity index (χ1) is 7.85. The number of hydrogen-bond acceptors (Lipinski definition) is 3. The minimum absolute atomic E-state index is 0.292. The van der Waals surface area contributed by atoms with Crippen LogP contribution in [-0.2, 0) is 9.47 Å². The zero-order valence-corrected chi connectivity index (χ0v) is 11.0. The molecular formula is C13H24O2S. The lowest BCUT2D eigenvalue weighted by Gasteiger charge is -2.35. The van der Waals surface area contributed by atoms with Crippen molar-refractivity contribution < 1.29 is 9.47 Å². The maximum absolute atomic E-state index is 5.95. The number of hydrogen-bond donors (Lipinski definition) is 1. The van der Waals surface area contributed by atoms with Crippen LogP contribution in [-0.4, -0.2) is 32.2 Å². The Morgan fingerprint density at radius 2 is 1.88 bits per heavy atom. The van der Waals surface area contributed by atoms with Crippen LogP contribution in [0.15, 0.2) is 0 Å². The molecule has 0 spiro atoms. The Balaban J connectivity index is 1.69. The fourth-order valence-electron chi connectivity index (χ4n) is 2.77. The highest BCUT2D eigenvalue weighted by Gasteiger charge is 2.31. The summed E-state index contributed by atoms with van der Waals surface area (Å²) in [5.41, 5.74) is 0.292. The van der Waals surface area contributed by atoms with Crippen molar-refractivity contribution >= 4 is 12.6 Å². The normalized spacial score (nSPS) is 26.1. The van der Waals surface area contributed by atoms with Crippen LogP contribution in [0, 0.1) is 11.3 Å². The van der Waals surface area contributed by atoms with Gasteiger partial charge >= 0.3 is 0 Å². The van der Waals surface area contributed by atoms with E-state index in [-0.39, 0.29) is 0 Å². The molecule has 2 nitrogen and oxygen atoms in total. The summed E-state index contributed by atoms with van der Waals surface area (Å²) in [5, 5.41) is 0. The second-order valence-electron chi connectivity index (χ2n) is 5.44. The van der Waals surface area contributed by atoms with Crippen LogP contribution in [0.25, 0.3) is 0 Å². The lowest BCUT2D eigenvalue weighted by Crippen LogP contribution is -2.36. The summed E-state index contributed by atoms with van der Waals surface area (Å²) >= 11 is 4.50. The summed E-state index contributed by atoms with van der Waals surface area (Å²) in [5.74, 6) is 1.76. The third kappa shape index (κ3) is 3.38. The maximum Gasteiger partial charge on any atom is 0.0532 e. The highest BCUT2D eigenvalue weighted by atomic mass is 32.1. The fraction of sp³-hybridized carbons (Fsp3) is 1.00. The van der Waals surface area contributed by atoms with E-state index in [1.807, 2.05) is 0 Å². The van der Waals surface area contributed by atoms with Crippen molar-refractivity contribution in [1.29, 1.82) is 0 Å². The number of rotatable bonds is 5. The molecule has 1 aliphatic carbocycles. The molecule has 3 heteroatoms. The third-order valence-corrected chi connectivity index (χ3v) is 4.80. The van der Waals surface area contributed by atoms with Crippen LogP contribution in [0.4, 0.5) is 0 Å². The highest BCUT2D eigenvalue weighted by molar-refractivity contribution is 7.80. The molecule has 0 aromatic carbocycles. The van der Waals surface area contributed by atoms with Crippen LogP contribution >= 0.6 is 12.6 Å². The van der Waals surface area contributed by atoms with Crippen molar-refractivity contribution in [1.82, 2.24) is 0 Å². The monoisotopic (exact) mass is 244 g/mol. The van der Waals surface area contributed by atoms with Crippen LogP contribution < -0.4 is 0 Å². The lowest BCUT2D eigenvalue weighted by atomic mass is 9.83. The first kappa shape index (κ1) is 12.7. The van der Waals surface area contributed by atoms with Gasteiger partial charge in [0, 0.05) is 25.2 Å². The smallest absolute Gasteiger partial charge is 0.0532 e. The Hall–Kier alpha value is 0.270. The van der Waals surface area contributed by atoms with Crippen molar-refractivity contribution in [3.05, 3.63) is 0 Å². The molecule has 0 aromatic heterocycles. The van der Waals surface area contributed by atoms with Crippen LogP contribution in [0.3, 0.4) is 0 Å². The molecular weight excluding hydrogens is 220 g/mol. The summed E-state index contributed by atoms with van der Waals surface area (Å²) < 4.78 is 11.4. The zero-order chi connectivity index (χ0) is 11.3. The van der Waals surface area contributed by atoms with Gasteiger partial charge in [0.05, 0.1) is 6.61 Å². The van der Waals surface area contributed by atoms with Crippen LogP contribution in [0.2, 0.25) is 0 Å². The Morgan fingerprint density at radius 3 is 2.50 bits per heavy atom. The minimum Gasteiger partial charge on any atom is -0.381 e. The summed E-state index contributed by atoms with van der Waals surface area (Å²) in [6.07, 6.45) is 7.77. The van der Waals surface area contributed by atoms with Gasteiger partial charge in [-0.3, -0.25) is 0 Å². The second kappa shape index (κ2) is 6.27. The molecule has 1 heterocycles. The summed E-state index contributed by atoms with van der Waals surface area (Å²) in [4.78, 5) is 0. The molecule has 2 rings (SSSR count). The Bertz CT molecular complexity index is 196. The van der Waals surface area contributed by atoms with E-state index in [1.165, 1.54) is 25.7 Å². The summed E-state index contributed by atoms with van der Waals surface area (Å²) in [7, 11) is 0. The van der Waals surface area contributed by atoms with Gasteiger partial charge in [-0.25, -0.2) is 0 Å². The Kier molecular flexibility index (Phi) is 4.98. The predicted octanol–water partition coefficient (Wildman–Crippen LogP) is 2.92. The molecule has 0 unspecified atom stereocenters. The van der Waals surface area contributed by atoms with Crippen molar-refractivity contribution in [3.63, 3.8) is 0 Å². The third-order valence-electron chi connectivity index (χ3n) is 4.13. The molecule has 16 heavy (non-hydrogen) atoms. The zero-order valence-electron chi connectivity index (χ0n) is 10.1. The van der Waals surface area contributed by atoms with Crippen molar-refractivity contribution in [2.24, 2.45) is 11.3 Å². The van der Waals surface area contributed by atoms with E-state index in [0.29, 0.717) is 5.41 Å². The summed E-state index contributed by atoms with van der Waals surface area (Å²) in [6, 6.07) is 0. The molecule has 94 valence electrons. The molecule has 1 aliphatic heterocycles. The molecule has 1 saturated carbocycles. The SMILES string of the molecule is SCC1(COCC2CCCC2)CCOCC1. The second-order valence-corrected chi connectivity index (χ2v) is 5.75. The molecule has 0 radical (unpaired) electrons. The molecule has 2 aliphatic rings. The van der Waals surface area contributed by atoms with Gasteiger partial charge in [-0.2, -0.15) is 12.6 Å². The average Bonchev–Trinajstić information content (AvgIpc) is 2.83. The van der Waals surface area contributed by atoms with E-state index in [2.05, 4.69) is 12.6 Å². The molecule has 1 saturated heterocycles. The molecule has 0 amide bonds. The topological polar surface area (TPSA) is 18.5 Å². The summed E-state index contributed by atoms with van der Waals surface area (Å²) in [6.45, 7) is 3.62. The quantitative estimate of drug-likeness (QED) is 0.750. The van der Waals surface area contributed by atoms with E-state index in [0.717, 1.165) is 50.9 Å². The van der Waals surface area contributed by atoms with Gasteiger partial charge in [-0.15, -0.1) is 0 Å². The van der Waals surface area contributed by atoms with Gasteiger partial charge in [0.2, 0.25) is 0 Å². The van der Waals surface area contributed by atoms with E-state index in [9.17, 15) is 0 Å². The first-order valence-corrected chi connectivity index (χ1v) is 7.24. The first-order valence-electron chi connectivity index (χ1n) is 6.61. The Labute approximate surface area is 104 Å². The van der Waals surface area contributed by atoms with Crippen molar-refractivity contribution in [3.8, 4) is 0 Å². The van der Waals surface area contributed by atoms with Gasteiger partial charge in [0.15, 0.2) is 0 Å². The van der Waals surface area contributed by atoms with Gasteiger partial charge in [-0.1, -0.05) is 12.8 Å². The Morgan fingerprint density at radius 1 is 1.19 bits per heavy atom. The van der Waals surface area contributed by atoms with Gasteiger partial charge in [-0.05, 0) is 37.4 Å². The largest absolute Gasteiger partial charge is 0.381 e. The fourth-order valence-corrected chi connectivity index (χ4v) is 3.18. The molecule has 2 fully saturated rings. The van der Waals surface area contributed by atoms with Gasteiger partial charge in [0.1, 0.15) is 0 Å². The van der Waals surface area contributed by atoms with Crippen molar-refractivity contribution in [2.75, 3.05) is 32.2 Å². The minimum atomic E-state index is 0.292. The van der Waals surface area contributed by atoms with E-state index in [4.69, 9.17) is 9.47 Å². The standard InChI is InChI=1S/C13H24O2S/c16-11-13(5-7-14-8-6-13)10-15-9-12-3-1-2-4-12/h12,16H,1-11H2. The van der Waals surface area contributed by atoms with E-state index < -0.39 is 0 Å². The van der Waals surface area contributed by atoms with Gasteiger partial charge < -0.3 is 9.47 Å². The van der Waals surface area contributed by atoms with Crippen molar-refractivity contribution in [2.45, 2.75) is 38.5 Å². The predicted molar refractivity (Wildman–Crippen MR) is 69.1 cm³/mol. The van der Waals surface area contributed by atoms with E-state index in [1.54, 1.807) is 0 Å². The van der Waals surface area contributed by atoms with Gasteiger partial charge in [0.25, 0.3) is 0 Å². The number of ether oxygens (including phenoxy) is 2. The maximum atomic E-state index is 5.95. The molecule has 0 aromatic rings. The highest BCUT2D eigenvalue weighted by Crippen LogP contribution is 2.33. The molecule has 0 bridgehead atoms. The lowest BCUT2D eigenvalue weighted by molar-refractivity contribution is -0.0337. The van der Waals surface area contributed by atoms with E-state index >= 15 is 0 Å².